The summed E-state index contributed by atoms with van der Waals surface area (Å²) in [7, 11) is -3.61. The van der Waals surface area contributed by atoms with E-state index in [2.05, 4.69) is 36.2 Å². The molecule has 5 aromatic rings. The van der Waals surface area contributed by atoms with Crippen molar-refractivity contribution < 1.29 is 37.4 Å². The average molecular weight is 1110 g/mol. The number of thiazole rings is 1. The van der Waals surface area contributed by atoms with E-state index in [1.807, 2.05) is 102 Å². The highest BCUT2D eigenvalue weighted by atomic mass is 35.5. The molecule has 2 aromatic heterocycles. The van der Waals surface area contributed by atoms with Crippen LogP contribution in [0.15, 0.2) is 77.3 Å². The van der Waals surface area contributed by atoms with E-state index >= 15 is 0 Å². The lowest BCUT2D eigenvalue weighted by Gasteiger charge is -2.35. The van der Waals surface area contributed by atoms with Gasteiger partial charge in [-0.25, -0.2) is 18.4 Å². The second-order valence-electron chi connectivity index (χ2n) is 21.8. The number of halogens is 1. The van der Waals surface area contributed by atoms with Crippen LogP contribution in [0.25, 0.3) is 10.4 Å². The monoisotopic (exact) mass is 1110 g/mol. The summed E-state index contributed by atoms with van der Waals surface area (Å²) in [5.41, 5.74) is 7.13. The number of likely N-dealkylation sites (tertiary alicyclic amines) is 2. The average Bonchev–Trinajstić information content (AvgIpc) is 4.01. The molecule has 4 atom stereocenters. The number of hydrogen-bond acceptors (Lipinski definition) is 14. The molecule has 0 aliphatic carbocycles. The standard InChI is InChI=1S/C57H74ClN9O8S2/c1-33(2)75-47-29-42(35(5)27-45(47)63-56-59-30-43(58)53(65-56)62-44-15-11-12-16-48(44)77(73,74)34(3)4)39-23-25-66(26-24-39)50(70)18-14-13-17-49(69)64-52(57(8,9)10)55(72)67-31-41(68)28-46(67)54(71)61-36(6)38-19-21-40(22-20-38)51-37(7)60-32-76-51/h11-12,15-16,19-22,27,29-30,32-34,36,39,41,46,52,68H,13-14,17-18,23-26,28,31H2,1-10H3,(H,61,71)(H,64,69)(H2,59,62,63,65)/t36?,41-,46+,52?/m1/s1. The van der Waals surface area contributed by atoms with Crippen LogP contribution < -0.4 is 26.0 Å². The molecule has 3 aromatic carbocycles. The molecule has 2 aliphatic rings. The predicted molar refractivity (Wildman–Crippen MR) is 303 cm³/mol. The van der Waals surface area contributed by atoms with Crippen LogP contribution in [-0.4, -0.2) is 111 Å². The van der Waals surface area contributed by atoms with Crippen molar-refractivity contribution in [1.82, 2.24) is 35.4 Å². The van der Waals surface area contributed by atoms with Gasteiger partial charge in [-0.05, 0) is 132 Å². The van der Waals surface area contributed by atoms with Gasteiger partial charge in [-0.1, -0.05) is 68.8 Å². The molecule has 0 spiro atoms. The van der Waals surface area contributed by atoms with Crippen molar-refractivity contribution in [1.29, 1.82) is 0 Å². The van der Waals surface area contributed by atoms with Crippen LogP contribution in [0.5, 0.6) is 5.75 Å². The summed E-state index contributed by atoms with van der Waals surface area (Å²) in [6.07, 6.45) is 3.35. The maximum absolute atomic E-state index is 14.2. The van der Waals surface area contributed by atoms with E-state index < -0.39 is 44.6 Å². The minimum absolute atomic E-state index is 0.0246. The van der Waals surface area contributed by atoms with Crippen LogP contribution >= 0.6 is 22.9 Å². The summed E-state index contributed by atoms with van der Waals surface area (Å²) in [6, 6.07) is 16.4. The van der Waals surface area contributed by atoms with Crippen molar-refractivity contribution in [2.24, 2.45) is 5.41 Å². The van der Waals surface area contributed by atoms with Gasteiger partial charge in [0, 0.05) is 38.9 Å². The number of para-hydroxylation sites is 1. The van der Waals surface area contributed by atoms with E-state index in [4.69, 9.17) is 16.3 Å². The fourth-order valence-electron chi connectivity index (χ4n) is 9.84. The number of anilines is 4. The number of benzene rings is 3. The van der Waals surface area contributed by atoms with Crippen molar-refractivity contribution in [3.05, 3.63) is 99.8 Å². The Bertz CT molecular complexity index is 3030. The molecule has 4 heterocycles. The van der Waals surface area contributed by atoms with Crippen LogP contribution in [-0.2, 0) is 29.0 Å². The van der Waals surface area contributed by atoms with E-state index in [1.165, 1.54) is 11.1 Å². The van der Waals surface area contributed by atoms with Crippen molar-refractivity contribution in [2.45, 2.75) is 161 Å². The highest BCUT2D eigenvalue weighted by Crippen LogP contribution is 2.39. The third-order valence-electron chi connectivity index (χ3n) is 14.2. The third kappa shape index (κ3) is 14.5. The zero-order valence-corrected chi connectivity index (χ0v) is 48.2. The van der Waals surface area contributed by atoms with E-state index in [-0.39, 0.29) is 83.3 Å². The van der Waals surface area contributed by atoms with Crippen molar-refractivity contribution in [3.63, 3.8) is 0 Å². The molecule has 0 radical (unpaired) electrons. The number of nitrogens with zero attached hydrogens (tertiary/aromatic N) is 5. The molecule has 7 rings (SSSR count). The number of unbranched alkanes of at least 4 members (excludes halogenated alkanes) is 1. The first kappa shape index (κ1) is 58.5. The molecule has 20 heteroatoms. The molecule has 77 heavy (non-hydrogen) atoms. The van der Waals surface area contributed by atoms with E-state index in [0.717, 1.165) is 45.7 Å². The number of β-amino-alcohol motifs (C(OH)–C–C–N with tert-alkyl or cyclic N) is 1. The number of aliphatic hydroxyl groups is 1. The molecule has 414 valence electrons. The molecule has 5 N–H and O–H groups in total. The van der Waals surface area contributed by atoms with Crippen LogP contribution in [0, 0.1) is 19.3 Å². The first-order valence-electron chi connectivity index (χ1n) is 26.5. The number of aromatic nitrogens is 3. The first-order valence-corrected chi connectivity index (χ1v) is 29.3. The number of sulfone groups is 1. The third-order valence-corrected chi connectivity index (χ3v) is 17.6. The number of piperidine rings is 1. The lowest BCUT2D eigenvalue weighted by molar-refractivity contribution is -0.144. The topological polar surface area (TPSA) is 225 Å². The smallest absolute Gasteiger partial charge is 0.246 e. The summed E-state index contributed by atoms with van der Waals surface area (Å²) >= 11 is 8.10. The van der Waals surface area contributed by atoms with Gasteiger partial charge >= 0.3 is 0 Å². The highest BCUT2D eigenvalue weighted by molar-refractivity contribution is 7.92. The molecular weight excluding hydrogens is 1040 g/mol. The SMILES string of the molecule is Cc1cc(Nc2ncc(Cl)c(Nc3ccccc3S(=O)(=O)C(C)C)n2)c(OC(C)C)cc1C1CCN(C(=O)CCCCC(=O)NC(C(=O)N2C[C@H](O)C[C@H]2C(=O)NC(C)c2ccc(-c3scnc3C)cc2)C(C)(C)C)CC1. The molecular formula is C57H74ClN9O8S2. The Balaban J connectivity index is 0.896. The van der Waals surface area contributed by atoms with Crippen LogP contribution in [0.3, 0.4) is 0 Å². The van der Waals surface area contributed by atoms with Crippen molar-refractivity contribution in [2.75, 3.05) is 30.3 Å². The summed E-state index contributed by atoms with van der Waals surface area (Å²) in [5, 5.41) is 22.7. The quantitative estimate of drug-likeness (QED) is 0.0458. The molecule has 2 aliphatic heterocycles. The minimum Gasteiger partial charge on any atom is -0.489 e. The van der Waals surface area contributed by atoms with E-state index in [0.29, 0.717) is 43.1 Å². The molecule has 17 nitrogen and oxygen atoms in total. The van der Waals surface area contributed by atoms with Gasteiger partial charge in [0.05, 0.1) is 62.0 Å². The van der Waals surface area contributed by atoms with Gasteiger partial charge in [0.25, 0.3) is 0 Å². The Morgan fingerprint density at radius 2 is 1.58 bits per heavy atom. The van der Waals surface area contributed by atoms with Crippen LogP contribution in [0.2, 0.25) is 5.02 Å². The fraction of sp³-hybridized carbons (Fsp3) is 0.491. The molecule has 2 saturated heterocycles. The summed E-state index contributed by atoms with van der Waals surface area (Å²) in [4.78, 5) is 72.8. The Kier molecular flexibility index (Phi) is 19.1. The molecule has 2 unspecified atom stereocenters. The Morgan fingerprint density at radius 3 is 2.23 bits per heavy atom. The number of rotatable bonds is 20. The van der Waals surface area contributed by atoms with Gasteiger partial charge in [0.15, 0.2) is 15.7 Å². The van der Waals surface area contributed by atoms with Gasteiger partial charge in [0.1, 0.15) is 22.9 Å². The Labute approximate surface area is 462 Å². The summed E-state index contributed by atoms with van der Waals surface area (Å²) in [5.74, 6) is 0.138. The lowest BCUT2D eigenvalue weighted by Crippen LogP contribution is -2.57. The van der Waals surface area contributed by atoms with Gasteiger partial charge in [0.2, 0.25) is 29.6 Å². The van der Waals surface area contributed by atoms with Crippen LogP contribution in [0.1, 0.15) is 135 Å². The number of carbonyl (C=O) groups excluding carboxylic acids is 4. The normalized spacial score (nSPS) is 17.1. The fourth-order valence-corrected chi connectivity index (χ4v) is 12.0. The number of aliphatic hydroxyl groups excluding tert-OH is 1. The largest absolute Gasteiger partial charge is 0.489 e. The predicted octanol–water partition coefficient (Wildman–Crippen LogP) is 9.96. The number of carbonyl (C=O) groups is 4. The Morgan fingerprint density at radius 1 is 0.896 bits per heavy atom. The molecule has 2 fully saturated rings. The number of aryl methyl sites for hydroxylation is 2. The molecule has 0 saturated carbocycles. The van der Waals surface area contributed by atoms with Crippen molar-refractivity contribution >= 4 is 79.5 Å². The second-order valence-corrected chi connectivity index (χ2v) is 25.6. The Hall–Kier alpha value is -6.15. The van der Waals surface area contributed by atoms with Gasteiger partial charge in [-0.2, -0.15) is 4.98 Å². The second kappa shape index (κ2) is 25.1. The number of ether oxygens (including phenoxy) is 1. The minimum atomic E-state index is -3.61. The number of hydrogen-bond donors (Lipinski definition) is 5. The maximum Gasteiger partial charge on any atom is 0.246 e. The maximum atomic E-state index is 14.2. The van der Waals surface area contributed by atoms with Crippen LogP contribution in [0.4, 0.5) is 23.1 Å². The molecule has 0 bridgehead atoms. The summed E-state index contributed by atoms with van der Waals surface area (Å²) in [6.45, 7) is 19.7. The van der Waals surface area contributed by atoms with Gasteiger partial charge in [-0.3, -0.25) is 19.2 Å². The van der Waals surface area contributed by atoms with Crippen molar-refractivity contribution in [3.8, 4) is 16.2 Å². The lowest BCUT2D eigenvalue weighted by atomic mass is 9.85. The number of nitrogens with one attached hydrogen (secondary N) is 4. The first-order chi connectivity index (χ1) is 36.4. The summed E-state index contributed by atoms with van der Waals surface area (Å²) < 4.78 is 32.6. The zero-order chi connectivity index (χ0) is 55.9. The van der Waals surface area contributed by atoms with E-state index in [9.17, 15) is 32.7 Å². The van der Waals surface area contributed by atoms with E-state index in [1.54, 1.807) is 49.4 Å². The number of amides is 4. The molecule has 4 amide bonds. The van der Waals surface area contributed by atoms with Gasteiger partial charge in [-0.15, -0.1) is 11.3 Å². The zero-order valence-electron chi connectivity index (χ0n) is 45.8. The van der Waals surface area contributed by atoms with Gasteiger partial charge < -0.3 is 40.9 Å². The highest BCUT2D eigenvalue weighted by Gasteiger charge is 2.45.